The van der Waals surface area contributed by atoms with Gasteiger partial charge in [0.2, 0.25) is 6.10 Å². The smallest absolute Gasteiger partial charge is 0.427 e. The van der Waals surface area contributed by atoms with Crippen molar-refractivity contribution in [1.29, 1.82) is 5.26 Å². The SMILES string of the molecule is COc1ccc(COC[C@@H](OC(=O)N2CCC3(CC2)C[C@H](c2cccc(C#N)c2)CO3)C(F)(F)F)cc1. The highest BCUT2D eigenvalue weighted by atomic mass is 19.4. The molecule has 2 aliphatic heterocycles. The quantitative estimate of drug-likeness (QED) is 0.502. The normalized spacial score (nSPS) is 19.9. The summed E-state index contributed by atoms with van der Waals surface area (Å²) in [6.07, 6.45) is -6.40. The summed E-state index contributed by atoms with van der Waals surface area (Å²) in [4.78, 5) is 13.9. The van der Waals surface area contributed by atoms with E-state index in [1.807, 2.05) is 18.2 Å². The Bertz CT molecular complexity index is 1110. The van der Waals surface area contributed by atoms with Crippen molar-refractivity contribution in [3.8, 4) is 11.8 Å². The summed E-state index contributed by atoms with van der Waals surface area (Å²) in [5.41, 5.74) is 1.85. The average Bonchev–Trinajstić information content (AvgIpc) is 3.31. The molecule has 1 amide bonds. The predicted octanol–water partition coefficient (Wildman–Crippen LogP) is 5.19. The molecule has 2 aliphatic rings. The fourth-order valence-electron chi connectivity index (χ4n) is 4.76. The Morgan fingerprint density at radius 3 is 2.59 bits per heavy atom. The lowest BCUT2D eigenvalue weighted by molar-refractivity contribution is -0.220. The number of halogens is 3. The molecular weight excluding hydrogens is 489 g/mol. The van der Waals surface area contributed by atoms with E-state index in [0.29, 0.717) is 36.3 Å². The van der Waals surface area contributed by atoms with E-state index in [4.69, 9.17) is 24.2 Å². The van der Waals surface area contributed by atoms with E-state index in [0.717, 1.165) is 12.0 Å². The first-order valence-corrected chi connectivity index (χ1v) is 12.1. The molecule has 2 heterocycles. The number of rotatable bonds is 7. The summed E-state index contributed by atoms with van der Waals surface area (Å²) in [6.45, 7) is 0.116. The van der Waals surface area contributed by atoms with Crippen molar-refractivity contribution >= 4 is 6.09 Å². The number of methoxy groups -OCH3 is 1. The maximum absolute atomic E-state index is 13.5. The van der Waals surface area contributed by atoms with Gasteiger partial charge in [0, 0.05) is 19.0 Å². The first-order chi connectivity index (χ1) is 17.7. The molecule has 0 bridgehead atoms. The van der Waals surface area contributed by atoms with E-state index in [2.05, 4.69) is 6.07 Å². The third kappa shape index (κ3) is 6.73. The monoisotopic (exact) mass is 518 g/mol. The van der Waals surface area contributed by atoms with E-state index < -0.39 is 30.6 Å². The standard InChI is InChI=1S/C27H29F3N2O5/c1-34-23-7-5-19(6-8-23)16-35-18-24(27(28,29)30)37-25(33)32-11-9-26(10-12-32)14-22(17-36-26)21-4-2-3-20(13-21)15-31/h2-8,13,22,24H,9-12,14,16-18H2,1H3/t22-,24+/m0/s1. The van der Waals surface area contributed by atoms with Gasteiger partial charge in [0.1, 0.15) is 5.75 Å². The molecular formula is C27H29F3N2O5. The molecule has 2 aromatic rings. The molecule has 0 aromatic heterocycles. The van der Waals surface area contributed by atoms with E-state index in [1.54, 1.807) is 30.3 Å². The first kappa shape index (κ1) is 26.8. The van der Waals surface area contributed by atoms with Crippen LogP contribution in [0.1, 0.15) is 41.9 Å². The molecule has 0 N–H and O–H groups in total. The van der Waals surface area contributed by atoms with Gasteiger partial charge in [0.25, 0.3) is 0 Å². The number of amides is 1. The summed E-state index contributed by atoms with van der Waals surface area (Å²) < 4.78 is 61.9. The highest BCUT2D eigenvalue weighted by Gasteiger charge is 2.46. The van der Waals surface area contributed by atoms with E-state index in [1.165, 1.54) is 12.0 Å². The van der Waals surface area contributed by atoms with Crippen molar-refractivity contribution in [1.82, 2.24) is 4.90 Å². The van der Waals surface area contributed by atoms with Crippen molar-refractivity contribution < 1.29 is 36.9 Å². The number of piperidine rings is 1. The molecule has 7 nitrogen and oxygen atoms in total. The lowest BCUT2D eigenvalue weighted by Crippen LogP contribution is -2.49. The Kier molecular flexibility index (Phi) is 8.25. The third-order valence-electron chi connectivity index (χ3n) is 6.93. The van der Waals surface area contributed by atoms with Crippen molar-refractivity contribution in [3.05, 3.63) is 65.2 Å². The predicted molar refractivity (Wildman–Crippen MR) is 127 cm³/mol. The van der Waals surface area contributed by atoms with Crippen LogP contribution in [0.2, 0.25) is 0 Å². The molecule has 10 heteroatoms. The van der Waals surface area contributed by atoms with Crippen molar-refractivity contribution in [2.75, 3.05) is 33.4 Å². The second-order valence-corrected chi connectivity index (χ2v) is 9.40. The molecule has 2 atom stereocenters. The van der Waals surface area contributed by atoms with Crippen LogP contribution in [-0.2, 0) is 20.8 Å². The summed E-state index contributed by atoms with van der Waals surface area (Å²) in [6, 6.07) is 16.3. The van der Waals surface area contributed by atoms with Gasteiger partial charge in [-0.25, -0.2) is 4.79 Å². The van der Waals surface area contributed by atoms with Gasteiger partial charge in [-0.05, 0) is 54.7 Å². The Hall–Kier alpha value is -3.29. The van der Waals surface area contributed by atoms with Crippen LogP contribution in [-0.4, -0.2) is 62.3 Å². The Morgan fingerprint density at radius 2 is 1.95 bits per heavy atom. The number of carbonyl (C=O) groups excluding carboxylic acids is 1. The Labute approximate surface area is 213 Å². The van der Waals surface area contributed by atoms with Crippen LogP contribution in [0.5, 0.6) is 5.75 Å². The van der Waals surface area contributed by atoms with Gasteiger partial charge in [0.15, 0.2) is 0 Å². The molecule has 0 aliphatic carbocycles. The second-order valence-electron chi connectivity index (χ2n) is 9.40. The van der Waals surface area contributed by atoms with E-state index >= 15 is 0 Å². The molecule has 4 rings (SSSR count). The van der Waals surface area contributed by atoms with Gasteiger partial charge >= 0.3 is 12.3 Å². The molecule has 2 fully saturated rings. The molecule has 0 unspecified atom stereocenters. The topological polar surface area (TPSA) is 81.0 Å². The van der Waals surface area contributed by atoms with Crippen molar-refractivity contribution in [2.24, 2.45) is 0 Å². The highest BCUT2D eigenvalue weighted by molar-refractivity contribution is 5.68. The van der Waals surface area contributed by atoms with Gasteiger partial charge in [-0.15, -0.1) is 0 Å². The number of likely N-dealkylation sites (tertiary alicyclic amines) is 1. The minimum absolute atomic E-state index is 0.0594. The van der Waals surface area contributed by atoms with Crippen LogP contribution in [0.4, 0.5) is 18.0 Å². The highest BCUT2D eigenvalue weighted by Crippen LogP contribution is 2.43. The van der Waals surface area contributed by atoms with E-state index in [-0.39, 0.29) is 25.6 Å². The lowest BCUT2D eigenvalue weighted by atomic mass is 9.83. The molecule has 37 heavy (non-hydrogen) atoms. The maximum atomic E-state index is 13.5. The third-order valence-corrected chi connectivity index (χ3v) is 6.93. The number of ether oxygens (including phenoxy) is 4. The Morgan fingerprint density at radius 1 is 1.22 bits per heavy atom. The number of nitrogens with zero attached hydrogens (tertiary/aromatic N) is 2. The summed E-state index contributed by atoms with van der Waals surface area (Å²) in [5, 5.41) is 9.15. The van der Waals surface area contributed by atoms with Gasteiger partial charge in [0.05, 0.1) is 44.2 Å². The van der Waals surface area contributed by atoms with Gasteiger partial charge in [-0.3, -0.25) is 0 Å². The number of benzene rings is 2. The van der Waals surface area contributed by atoms with Crippen LogP contribution in [0.3, 0.4) is 0 Å². The fourth-order valence-corrected chi connectivity index (χ4v) is 4.76. The van der Waals surface area contributed by atoms with Crippen LogP contribution in [0.25, 0.3) is 0 Å². The van der Waals surface area contributed by atoms with Crippen molar-refractivity contribution in [2.45, 2.75) is 49.7 Å². The van der Waals surface area contributed by atoms with Gasteiger partial charge in [-0.2, -0.15) is 18.4 Å². The molecule has 198 valence electrons. The number of alkyl halides is 3. The second kappa shape index (κ2) is 11.4. The minimum atomic E-state index is -4.76. The first-order valence-electron chi connectivity index (χ1n) is 12.1. The van der Waals surface area contributed by atoms with Crippen LogP contribution >= 0.6 is 0 Å². The van der Waals surface area contributed by atoms with Crippen LogP contribution in [0, 0.1) is 11.3 Å². The molecule has 2 aromatic carbocycles. The summed E-state index contributed by atoms with van der Waals surface area (Å²) >= 11 is 0. The number of hydrogen-bond acceptors (Lipinski definition) is 6. The number of carbonyl (C=O) groups is 1. The average molecular weight is 519 g/mol. The van der Waals surface area contributed by atoms with Crippen molar-refractivity contribution in [3.63, 3.8) is 0 Å². The number of hydrogen-bond donors (Lipinski definition) is 0. The zero-order valence-corrected chi connectivity index (χ0v) is 20.5. The molecule has 0 radical (unpaired) electrons. The minimum Gasteiger partial charge on any atom is -0.497 e. The fraction of sp³-hybridized carbons (Fsp3) is 0.481. The molecule has 1 spiro atoms. The maximum Gasteiger partial charge on any atom is 0.427 e. The Balaban J connectivity index is 1.27. The van der Waals surface area contributed by atoms with Crippen LogP contribution in [0.15, 0.2) is 48.5 Å². The van der Waals surface area contributed by atoms with E-state index in [9.17, 15) is 18.0 Å². The zero-order chi connectivity index (χ0) is 26.5. The van der Waals surface area contributed by atoms with Gasteiger partial charge < -0.3 is 23.8 Å². The number of nitriles is 1. The summed E-state index contributed by atoms with van der Waals surface area (Å²) in [5.74, 6) is 0.755. The van der Waals surface area contributed by atoms with Crippen LogP contribution < -0.4 is 4.74 Å². The lowest BCUT2D eigenvalue weighted by Gasteiger charge is -2.38. The molecule has 0 saturated carbocycles. The zero-order valence-electron chi connectivity index (χ0n) is 20.5. The molecule has 2 saturated heterocycles. The summed E-state index contributed by atoms with van der Waals surface area (Å²) in [7, 11) is 1.52. The largest absolute Gasteiger partial charge is 0.497 e. The van der Waals surface area contributed by atoms with Gasteiger partial charge in [-0.1, -0.05) is 24.3 Å².